The van der Waals surface area contributed by atoms with Gasteiger partial charge in [0, 0.05) is 0 Å². The van der Waals surface area contributed by atoms with E-state index in [1.54, 1.807) is 0 Å². The summed E-state index contributed by atoms with van der Waals surface area (Å²) in [5.41, 5.74) is 0. The van der Waals surface area contributed by atoms with Gasteiger partial charge in [-0.1, -0.05) is 42.5 Å². The first kappa shape index (κ1) is 10.5. The second kappa shape index (κ2) is 3.98. The Hall–Kier alpha value is -1.64. The van der Waals surface area contributed by atoms with Crippen molar-refractivity contribution in [1.29, 1.82) is 0 Å². The zero-order valence-corrected chi connectivity index (χ0v) is 10.6. The third-order valence-electron chi connectivity index (χ3n) is 3.14. The van der Waals surface area contributed by atoms with Crippen molar-refractivity contribution in [3.63, 3.8) is 0 Å². The molecule has 83 valence electrons. The lowest BCUT2D eigenvalue weighted by Gasteiger charge is -2.08. The Morgan fingerprint density at radius 2 is 1.47 bits per heavy atom. The number of hydrogen-bond acceptors (Lipinski definition) is 1. The molecule has 1 nitrogen and oxygen atoms in total. The second-order valence-electron chi connectivity index (χ2n) is 4.31. The largest absolute Gasteiger partial charge is 0.427 e. The summed E-state index contributed by atoms with van der Waals surface area (Å²) in [6.07, 6.45) is 0. The van der Waals surface area contributed by atoms with E-state index in [0.29, 0.717) is 0 Å². The summed E-state index contributed by atoms with van der Waals surface area (Å²) in [5, 5.41) is 5.97. The Morgan fingerprint density at radius 3 is 2.18 bits per heavy atom. The first-order valence-corrected chi connectivity index (χ1v) is 7.65. The van der Waals surface area contributed by atoms with Gasteiger partial charge >= 0.3 is 0 Å². The molecule has 0 heterocycles. The minimum atomic E-state index is -1.41. The smallest absolute Gasteiger partial charge is 0.240 e. The highest BCUT2D eigenvalue weighted by Gasteiger charge is 2.09. The molecule has 0 aliphatic rings. The molecule has 0 aliphatic carbocycles. The first-order chi connectivity index (χ1) is 8.25. The van der Waals surface area contributed by atoms with Crippen LogP contribution in [0.25, 0.3) is 21.5 Å². The van der Waals surface area contributed by atoms with E-state index in [4.69, 9.17) is 0 Å². The number of rotatable bonds is 1. The average Bonchev–Trinajstić information content (AvgIpc) is 2.35. The van der Waals surface area contributed by atoms with Crippen LogP contribution in [0.3, 0.4) is 0 Å². The molecule has 3 aromatic carbocycles. The molecule has 3 rings (SSSR count). The van der Waals surface area contributed by atoms with Gasteiger partial charge in [-0.3, -0.25) is 0 Å². The van der Waals surface area contributed by atoms with E-state index in [1.807, 2.05) is 24.7 Å². The van der Waals surface area contributed by atoms with Crippen LogP contribution >= 0.6 is 0 Å². The predicted molar refractivity (Wildman–Crippen MR) is 74.9 cm³/mol. The quantitative estimate of drug-likeness (QED) is 0.510. The van der Waals surface area contributed by atoms with Gasteiger partial charge in [-0.25, -0.2) is 0 Å². The summed E-state index contributed by atoms with van der Waals surface area (Å²) in [7, 11) is -1.41. The predicted octanol–water partition coefficient (Wildman–Crippen LogP) is 2.81. The average molecular weight is 237 g/mol. The van der Waals surface area contributed by atoms with Gasteiger partial charge in [-0.05, 0) is 45.4 Å². The van der Waals surface area contributed by atoms with Crippen molar-refractivity contribution < 1.29 is 4.80 Å². The Labute approximate surface area is 102 Å². The van der Waals surface area contributed by atoms with E-state index in [2.05, 4.69) is 36.4 Å². The molecule has 0 saturated heterocycles. The van der Waals surface area contributed by atoms with E-state index in [-0.39, 0.29) is 0 Å². The van der Waals surface area contributed by atoms with Crippen molar-refractivity contribution in [2.75, 3.05) is 0 Å². The van der Waals surface area contributed by atoms with Crippen LogP contribution in [0.15, 0.2) is 54.6 Å². The lowest BCUT2D eigenvalue weighted by Crippen LogP contribution is -2.26. The summed E-state index contributed by atoms with van der Waals surface area (Å²) >= 11 is 0. The lowest BCUT2D eigenvalue weighted by molar-refractivity contribution is 0.594. The van der Waals surface area contributed by atoms with Gasteiger partial charge in [0.15, 0.2) is 0 Å². The number of hydrogen-bond donors (Lipinski definition) is 1. The molecule has 0 atom stereocenters. The third kappa shape index (κ3) is 1.75. The van der Waals surface area contributed by atoms with E-state index >= 15 is 0 Å². The van der Waals surface area contributed by atoms with Crippen LogP contribution in [0, 0.1) is 0 Å². The van der Waals surface area contributed by atoms with Crippen molar-refractivity contribution in [2.24, 2.45) is 0 Å². The van der Waals surface area contributed by atoms with Crippen molar-refractivity contribution in [1.82, 2.24) is 0 Å². The highest BCUT2D eigenvalue weighted by Crippen LogP contribution is 2.21. The van der Waals surface area contributed by atoms with Crippen LogP contribution in [0.5, 0.6) is 0 Å². The fraction of sp³-hybridized carbons (Fsp3) is 0.0667. The zero-order valence-electron chi connectivity index (χ0n) is 9.64. The minimum absolute atomic E-state index is 1.10. The Bertz CT molecular complexity index is 689. The molecule has 0 saturated carbocycles. The van der Waals surface area contributed by atoms with Crippen LogP contribution in [0.2, 0.25) is 6.55 Å². The van der Waals surface area contributed by atoms with Gasteiger partial charge in [0.05, 0.1) is 0 Å². The summed E-state index contributed by atoms with van der Waals surface area (Å²) < 4.78 is 0. The van der Waals surface area contributed by atoms with Crippen LogP contribution in [0.4, 0.5) is 0 Å². The Kier molecular flexibility index (Phi) is 2.46. The molecular formula is C15H13OSi. The van der Waals surface area contributed by atoms with Crippen molar-refractivity contribution in [3.8, 4) is 0 Å². The van der Waals surface area contributed by atoms with Crippen LogP contribution < -0.4 is 5.19 Å². The highest BCUT2D eigenvalue weighted by atomic mass is 28.3. The van der Waals surface area contributed by atoms with Crippen LogP contribution in [0.1, 0.15) is 0 Å². The fourth-order valence-corrected chi connectivity index (χ4v) is 3.23. The van der Waals surface area contributed by atoms with Gasteiger partial charge in [0.2, 0.25) is 9.04 Å². The second-order valence-corrected chi connectivity index (χ2v) is 6.02. The van der Waals surface area contributed by atoms with Crippen molar-refractivity contribution in [3.05, 3.63) is 54.6 Å². The van der Waals surface area contributed by atoms with E-state index in [9.17, 15) is 4.80 Å². The maximum absolute atomic E-state index is 9.90. The molecule has 0 amide bonds. The molecule has 0 unspecified atom stereocenters. The monoisotopic (exact) mass is 237 g/mol. The van der Waals surface area contributed by atoms with Crippen molar-refractivity contribution in [2.45, 2.75) is 6.55 Å². The molecule has 17 heavy (non-hydrogen) atoms. The molecule has 0 spiro atoms. The maximum atomic E-state index is 9.90. The summed E-state index contributed by atoms with van der Waals surface area (Å²) in [6.45, 7) is 1.91. The molecule has 1 N–H and O–H groups in total. The van der Waals surface area contributed by atoms with Crippen LogP contribution in [-0.2, 0) is 0 Å². The van der Waals surface area contributed by atoms with Gasteiger partial charge in [-0.15, -0.1) is 0 Å². The summed E-state index contributed by atoms with van der Waals surface area (Å²) in [4.78, 5) is 9.90. The Balaban J connectivity index is 2.43. The van der Waals surface area contributed by atoms with E-state index < -0.39 is 9.04 Å². The molecule has 0 bridgehead atoms. The molecule has 0 aromatic heterocycles. The fourth-order valence-electron chi connectivity index (χ4n) is 2.28. The molecule has 3 aromatic rings. The van der Waals surface area contributed by atoms with Gasteiger partial charge < -0.3 is 4.80 Å². The van der Waals surface area contributed by atoms with Gasteiger partial charge in [0.1, 0.15) is 0 Å². The molecular weight excluding hydrogens is 224 g/mol. The SMILES string of the molecule is C[Si](O)c1cccc2cc3ccccc3cc12. The topological polar surface area (TPSA) is 20.2 Å². The third-order valence-corrected chi connectivity index (χ3v) is 4.35. The maximum Gasteiger partial charge on any atom is 0.240 e. The van der Waals surface area contributed by atoms with E-state index in [0.717, 1.165) is 5.19 Å². The summed E-state index contributed by atoms with van der Waals surface area (Å²) in [6, 6.07) is 18.9. The highest BCUT2D eigenvalue weighted by molar-refractivity contribution is 6.67. The minimum Gasteiger partial charge on any atom is -0.427 e. The normalized spacial score (nSPS) is 11.5. The van der Waals surface area contributed by atoms with Crippen molar-refractivity contribution >= 4 is 35.8 Å². The number of fused-ring (bicyclic) bond motifs is 2. The first-order valence-electron chi connectivity index (χ1n) is 5.70. The standard InChI is InChI=1S/C15H13OSi/c1-17(16)15-8-4-7-13-9-11-5-2-3-6-12(11)10-14(13)15/h2-10,16H,1H3. The Morgan fingerprint density at radius 1 is 0.824 bits per heavy atom. The van der Waals surface area contributed by atoms with Crippen LogP contribution in [-0.4, -0.2) is 13.8 Å². The van der Waals surface area contributed by atoms with Gasteiger partial charge in [0.25, 0.3) is 0 Å². The number of benzene rings is 3. The summed E-state index contributed by atoms with van der Waals surface area (Å²) in [5.74, 6) is 0. The zero-order chi connectivity index (χ0) is 11.8. The lowest BCUT2D eigenvalue weighted by atomic mass is 10.0. The molecule has 0 fully saturated rings. The molecule has 1 radical (unpaired) electrons. The molecule has 2 heteroatoms. The molecule has 0 aliphatic heterocycles. The van der Waals surface area contributed by atoms with E-state index in [1.165, 1.54) is 21.5 Å². The van der Waals surface area contributed by atoms with Gasteiger partial charge in [-0.2, -0.15) is 0 Å².